The molecule has 0 bridgehead atoms. The van der Waals surface area contributed by atoms with E-state index < -0.39 is 0 Å². The first-order valence-corrected chi connectivity index (χ1v) is 10.2. The average molecular weight is 399 g/mol. The number of nitrogens with zero attached hydrogens (tertiary/aromatic N) is 2. The summed E-state index contributed by atoms with van der Waals surface area (Å²) in [6, 6.07) is 4.01. The number of methoxy groups -OCH3 is 1. The smallest absolute Gasteiger partial charge is 0.180 e. The molecule has 1 heterocycles. The molecule has 1 fully saturated rings. The summed E-state index contributed by atoms with van der Waals surface area (Å²) < 4.78 is 11.5. The Morgan fingerprint density at radius 1 is 1.30 bits per heavy atom. The van der Waals surface area contributed by atoms with E-state index >= 15 is 0 Å². The number of likely N-dealkylation sites (tertiary alicyclic amines) is 1. The Morgan fingerprint density at radius 3 is 2.48 bits per heavy atom. The maximum Gasteiger partial charge on any atom is 0.180 e. The molecule has 1 aromatic carbocycles. The van der Waals surface area contributed by atoms with Crippen LogP contribution in [0.5, 0.6) is 11.5 Å². The molecule has 154 valence electrons. The minimum absolute atomic E-state index is 0.0172. The molecule has 0 spiro atoms. The summed E-state index contributed by atoms with van der Waals surface area (Å²) in [6.45, 7) is 8.05. The lowest BCUT2D eigenvalue weighted by molar-refractivity contribution is 0.0218. The van der Waals surface area contributed by atoms with E-state index in [-0.39, 0.29) is 18.1 Å². The van der Waals surface area contributed by atoms with Gasteiger partial charge in [0.25, 0.3) is 0 Å². The van der Waals surface area contributed by atoms with Gasteiger partial charge in [-0.2, -0.15) is 0 Å². The summed E-state index contributed by atoms with van der Waals surface area (Å²) in [5, 5.41) is 10.5. The van der Waals surface area contributed by atoms with Crippen molar-refractivity contribution in [1.82, 2.24) is 9.80 Å². The number of piperidine rings is 1. The highest BCUT2D eigenvalue weighted by molar-refractivity contribution is 6.32. The molecular formula is C21H35ClN2O3. The van der Waals surface area contributed by atoms with E-state index in [0.29, 0.717) is 16.5 Å². The molecule has 5 nitrogen and oxygen atoms in total. The van der Waals surface area contributed by atoms with Crippen molar-refractivity contribution >= 4 is 11.6 Å². The Balaban J connectivity index is 2.05. The van der Waals surface area contributed by atoms with Gasteiger partial charge in [-0.3, -0.25) is 4.90 Å². The number of aliphatic hydroxyl groups excluding tert-OH is 1. The maximum atomic E-state index is 9.90. The molecule has 0 aliphatic carbocycles. The van der Waals surface area contributed by atoms with Gasteiger partial charge in [0, 0.05) is 18.5 Å². The van der Waals surface area contributed by atoms with Gasteiger partial charge in [-0.25, -0.2) is 0 Å². The number of rotatable bonds is 9. The van der Waals surface area contributed by atoms with E-state index in [4.69, 9.17) is 21.1 Å². The monoisotopic (exact) mass is 398 g/mol. The Kier molecular flexibility index (Phi) is 8.22. The normalized spacial score (nSPS) is 18.5. The number of hydrogen-bond donors (Lipinski definition) is 1. The van der Waals surface area contributed by atoms with Crippen LogP contribution >= 0.6 is 11.6 Å². The van der Waals surface area contributed by atoms with Gasteiger partial charge in [-0.1, -0.05) is 18.5 Å². The first-order valence-electron chi connectivity index (χ1n) is 9.83. The summed E-state index contributed by atoms with van der Waals surface area (Å²) in [7, 11) is 5.79. The molecule has 1 saturated heterocycles. The molecule has 2 rings (SSSR count). The highest BCUT2D eigenvalue weighted by Crippen LogP contribution is 2.38. The van der Waals surface area contributed by atoms with Crippen molar-refractivity contribution in [2.75, 3.05) is 47.4 Å². The third kappa shape index (κ3) is 5.98. The lowest BCUT2D eigenvalue weighted by atomic mass is 9.78. The Bertz CT molecular complexity index is 601. The minimum atomic E-state index is 0.0172. The standard InChI is InChI=1S/C21H35ClN2O3/c1-6-16(2)27-20-18(22)11-17(12-19(20)26-5)13-24-9-7-21(15-25,8-10-24)14-23(3)4/h11-12,16,25H,6-10,13-15H2,1-5H3. The second kappa shape index (κ2) is 9.97. The van der Waals surface area contributed by atoms with Crippen LogP contribution in [0.4, 0.5) is 0 Å². The van der Waals surface area contributed by atoms with Crippen LogP contribution in [0.1, 0.15) is 38.7 Å². The van der Waals surface area contributed by atoms with E-state index in [9.17, 15) is 5.11 Å². The van der Waals surface area contributed by atoms with E-state index in [1.165, 1.54) is 0 Å². The number of benzene rings is 1. The van der Waals surface area contributed by atoms with Gasteiger partial charge in [0.05, 0.1) is 24.8 Å². The molecule has 6 heteroatoms. The highest BCUT2D eigenvalue weighted by atomic mass is 35.5. The first-order chi connectivity index (χ1) is 12.8. The number of ether oxygens (including phenoxy) is 2. The zero-order valence-electron chi connectivity index (χ0n) is 17.4. The van der Waals surface area contributed by atoms with E-state index in [2.05, 4.69) is 30.8 Å². The van der Waals surface area contributed by atoms with Crippen molar-refractivity contribution in [3.8, 4) is 11.5 Å². The fourth-order valence-corrected chi connectivity index (χ4v) is 4.02. The van der Waals surface area contributed by atoms with E-state index in [0.717, 1.165) is 51.0 Å². The largest absolute Gasteiger partial charge is 0.493 e. The fourth-order valence-electron chi connectivity index (χ4n) is 3.74. The second-order valence-corrected chi connectivity index (χ2v) is 8.52. The Morgan fingerprint density at radius 2 is 1.96 bits per heavy atom. The molecule has 0 saturated carbocycles. The van der Waals surface area contributed by atoms with Gasteiger partial charge < -0.3 is 19.5 Å². The van der Waals surface area contributed by atoms with Gasteiger partial charge in [0.1, 0.15) is 0 Å². The molecule has 1 aliphatic rings. The lowest BCUT2D eigenvalue weighted by Crippen LogP contribution is -2.46. The summed E-state index contributed by atoms with van der Waals surface area (Å²) in [5.41, 5.74) is 1.14. The van der Waals surface area contributed by atoms with Crippen LogP contribution < -0.4 is 9.47 Å². The Labute approximate surface area is 169 Å². The molecule has 0 radical (unpaired) electrons. The quantitative estimate of drug-likeness (QED) is 0.687. The Hall–Kier alpha value is -1.01. The van der Waals surface area contributed by atoms with E-state index in [1.54, 1.807) is 7.11 Å². The van der Waals surface area contributed by atoms with Crippen LogP contribution in [0.25, 0.3) is 0 Å². The van der Waals surface area contributed by atoms with Crippen molar-refractivity contribution in [2.24, 2.45) is 5.41 Å². The SMILES string of the molecule is CCC(C)Oc1c(Cl)cc(CN2CCC(CO)(CN(C)C)CC2)cc1OC. The van der Waals surface area contributed by atoms with Crippen molar-refractivity contribution in [2.45, 2.75) is 45.8 Å². The molecule has 1 unspecified atom stereocenters. The zero-order chi connectivity index (χ0) is 20.0. The second-order valence-electron chi connectivity index (χ2n) is 8.12. The topological polar surface area (TPSA) is 45.2 Å². The fraction of sp³-hybridized carbons (Fsp3) is 0.714. The summed E-state index contributed by atoms with van der Waals surface area (Å²) >= 11 is 6.50. The first kappa shape index (κ1) is 22.3. The number of hydrogen-bond acceptors (Lipinski definition) is 5. The highest BCUT2D eigenvalue weighted by Gasteiger charge is 2.34. The van der Waals surface area contributed by atoms with Crippen molar-refractivity contribution in [3.05, 3.63) is 22.7 Å². The van der Waals surface area contributed by atoms with Crippen LogP contribution in [0, 0.1) is 5.41 Å². The van der Waals surface area contributed by atoms with Gasteiger partial charge >= 0.3 is 0 Å². The van der Waals surface area contributed by atoms with E-state index in [1.807, 2.05) is 19.1 Å². The summed E-state index contributed by atoms with van der Waals surface area (Å²) in [4.78, 5) is 4.59. The molecule has 1 atom stereocenters. The molecule has 1 N–H and O–H groups in total. The summed E-state index contributed by atoms with van der Waals surface area (Å²) in [5.74, 6) is 1.31. The van der Waals surface area contributed by atoms with Crippen LogP contribution in [-0.2, 0) is 6.54 Å². The summed E-state index contributed by atoms with van der Waals surface area (Å²) in [6.07, 6.45) is 3.01. The molecule has 1 aromatic rings. The van der Waals surface area contributed by atoms with Crippen LogP contribution in [0.3, 0.4) is 0 Å². The van der Waals surface area contributed by atoms with Gasteiger partial charge in [-0.05, 0) is 71.1 Å². The predicted molar refractivity (Wildman–Crippen MR) is 111 cm³/mol. The molecule has 27 heavy (non-hydrogen) atoms. The van der Waals surface area contributed by atoms with Crippen LogP contribution in [0.2, 0.25) is 5.02 Å². The van der Waals surface area contributed by atoms with Gasteiger partial charge in [0.15, 0.2) is 11.5 Å². The van der Waals surface area contributed by atoms with Gasteiger partial charge in [-0.15, -0.1) is 0 Å². The molecule has 0 aromatic heterocycles. The molecule has 1 aliphatic heterocycles. The van der Waals surface area contributed by atoms with Crippen LogP contribution in [-0.4, -0.2) is 68.5 Å². The lowest BCUT2D eigenvalue weighted by Gasteiger charge is -2.42. The molecular weight excluding hydrogens is 364 g/mol. The predicted octanol–water partition coefficient (Wildman–Crippen LogP) is 3.66. The zero-order valence-corrected chi connectivity index (χ0v) is 18.2. The number of halogens is 1. The number of aliphatic hydroxyl groups is 1. The minimum Gasteiger partial charge on any atom is -0.493 e. The van der Waals surface area contributed by atoms with Crippen molar-refractivity contribution in [1.29, 1.82) is 0 Å². The van der Waals surface area contributed by atoms with Crippen molar-refractivity contribution < 1.29 is 14.6 Å². The van der Waals surface area contributed by atoms with Crippen LogP contribution in [0.15, 0.2) is 12.1 Å². The maximum absolute atomic E-state index is 9.90. The third-order valence-electron chi connectivity index (χ3n) is 5.49. The van der Waals surface area contributed by atoms with Gasteiger partial charge in [0.2, 0.25) is 0 Å². The average Bonchev–Trinajstić information content (AvgIpc) is 2.64. The molecule has 0 amide bonds. The third-order valence-corrected chi connectivity index (χ3v) is 5.77. The van der Waals surface area contributed by atoms with Crippen molar-refractivity contribution in [3.63, 3.8) is 0 Å².